The lowest BCUT2D eigenvalue weighted by Gasteiger charge is -2.02. The average Bonchev–Trinajstić information content (AvgIpc) is 3.05. The van der Waals surface area contributed by atoms with Crippen molar-refractivity contribution in [2.24, 2.45) is 0 Å². The number of hydrogen-bond donors (Lipinski definition) is 3. The highest BCUT2D eigenvalue weighted by molar-refractivity contribution is 6.00. The van der Waals surface area contributed by atoms with Gasteiger partial charge in [0.15, 0.2) is 0 Å². The standard InChI is InChI=1S/C19H16N4O2/c1-3-17(24)20-13-7-5-12(6-8-13)19-22-15-10-9-14(11-16(15)23-19)21-18(25)4-2/h3-11H,1-2H2,(H,20,24)(H,21,25)(H,22,23). The number of carbonyl (C=O) groups is 2. The van der Waals surface area contributed by atoms with Crippen molar-refractivity contribution < 1.29 is 9.59 Å². The number of nitrogens with one attached hydrogen (secondary N) is 3. The summed E-state index contributed by atoms with van der Waals surface area (Å²) in [7, 11) is 0. The van der Waals surface area contributed by atoms with Gasteiger partial charge < -0.3 is 15.6 Å². The Balaban J connectivity index is 1.86. The average molecular weight is 332 g/mol. The van der Waals surface area contributed by atoms with Crippen LogP contribution in [0.1, 0.15) is 0 Å². The zero-order valence-electron chi connectivity index (χ0n) is 13.4. The van der Waals surface area contributed by atoms with Crippen LogP contribution in [0.15, 0.2) is 67.8 Å². The predicted molar refractivity (Wildman–Crippen MR) is 99.2 cm³/mol. The zero-order chi connectivity index (χ0) is 17.8. The molecule has 2 amide bonds. The summed E-state index contributed by atoms with van der Waals surface area (Å²) in [5, 5.41) is 5.40. The highest BCUT2D eigenvalue weighted by atomic mass is 16.2. The molecular formula is C19H16N4O2. The molecule has 0 atom stereocenters. The molecule has 25 heavy (non-hydrogen) atoms. The van der Waals surface area contributed by atoms with Gasteiger partial charge in [-0.3, -0.25) is 9.59 Å². The fourth-order valence-electron chi connectivity index (χ4n) is 2.32. The Morgan fingerprint density at radius 2 is 1.52 bits per heavy atom. The molecule has 0 aliphatic heterocycles. The Morgan fingerprint density at radius 3 is 2.16 bits per heavy atom. The minimum Gasteiger partial charge on any atom is -0.338 e. The lowest BCUT2D eigenvalue weighted by molar-refractivity contribution is -0.112. The molecule has 124 valence electrons. The number of carbonyl (C=O) groups excluding carboxylic acids is 2. The maximum Gasteiger partial charge on any atom is 0.247 e. The summed E-state index contributed by atoms with van der Waals surface area (Å²) in [5.41, 5.74) is 3.82. The molecule has 1 aromatic heterocycles. The number of rotatable bonds is 5. The van der Waals surface area contributed by atoms with E-state index in [0.29, 0.717) is 17.2 Å². The van der Waals surface area contributed by atoms with Crippen LogP contribution in [0.4, 0.5) is 11.4 Å². The van der Waals surface area contributed by atoms with E-state index in [1.54, 1.807) is 18.2 Å². The SMILES string of the molecule is C=CC(=O)Nc1ccc(-c2nc3ccc(NC(=O)C=C)cc3[nH]2)cc1. The summed E-state index contributed by atoms with van der Waals surface area (Å²) >= 11 is 0. The minimum absolute atomic E-state index is 0.259. The summed E-state index contributed by atoms with van der Waals surface area (Å²) in [5.74, 6) is 0.172. The van der Waals surface area contributed by atoms with E-state index in [0.717, 1.165) is 16.6 Å². The van der Waals surface area contributed by atoms with Gasteiger partial charge in [0.2, 0.25) is 11.8 Å². The minimum atomic E-state index is -0.267. The zero-order valence-corrected chi connectivity index (χ0v) is 13.4. The lowest BCUT2D eigenvalue weighted by Crippen LogP contribution is -2.06. The number of fused-ring (bicyclic) bond motifs is 1. The molecule has 0 aliphatic carbocycles. The summed E-state index contributed by atoms with van der Waals surface area (Å²) in [6.07, 6.45) is 2.44. The van der Waals surface area contributed by atoms with Gasteiger partial charge in [0.25, 0.3) is 0 Å². The van der Waals surface area contributed by atoms with Crippen molar-refractivity contribution in [1.82, 2.24) is 9.97 Å². The Kier molecular flexibility index (Phi) is 4.43. The van der Waals surface area contributed by atoms with Gasteiger partial charge in [0, 0.05) is 16.9 Å². The molecule has 6 nitrogen and oxygen atoms in total. The van der Waals surface area contributed by atoms with E-state index < -0.39 is 0 Å². The Hall–Kier alpha value is -3.67. The smallest absolute Gasteiger partial charge is 0.247 e. The number of nitrogens with zero attached hydrogens (tertiary/aromatic N) is 1. The van der Waals surface area contributed by atoms with Gasteiger partial charge in [0.1, 0.15) is 5.82 Å². The van der Waals surface area contributed by atoms with Crippen molar-refractivity contribution in [1.29, 1.82) is 0 Å². The number of H-pyrrole nitrogens is 1. The third-order valence-corrected chi connectivity index (χ3v) is 3.55. The van der Waals surface area contributed by atoms with Crippen molar-refractivity contribution in [2.75, 3.05) is 10.6 Å². The van der Waals surface area contributed by atoms with Crippen LogP contribution in [0, 0.1) is 0 Å². The molecule has 6 heteroatoms. The number of benzene rings is 2. The van der Waals surface area contributed by atoms with Gasteiger partial charge in [-0.15, -0.1) is 0 Å². The van der Waals surface area contributed by atoms with E-state index in [1.165, 1.54) is 12.2 Å². The second-order valence-electron chi connectivity index (χ2n) is 5.28. The van der Waals surface area contributed by atoms with Crippen LogP contribution in [0.3, 0.4) is 0 Å². The van der Waals surface area contributed by atoms with Gasteiger partial charge in [-0.2, -0.15) is 0 Å². The normalized spacial score (nSPS) is 10.2. The van der Waals surface area contributed by atoms with Crippen LogP contribution >= 0.6 is 0 Å². The Bertz CT molecular complexity index is 971. The number of aromatic nitrogens is 2. The molecule has 1 heterocycles. The molecule has 3 rings (SSSR count). The molecule has 0 aliphatic rings. The monoisotopic (exact) mass is 332 g/mol. The summed E-state index contributed by atoms with van der Waals surface area (Å²) in [6.45, 7) is 6.85. The molecule has 0 saturated carbocycles. The van der Waals surface area contributed by atoms with Crippen LogP contribution in [0.5, 0.6) is 0 Å². The highest BCUT2D eigenvalue weighted by Gasteiger charge is 2.07. The fourth-order valence-corrected chi connectivity index (χ4v) is 2.32. The van der Waals surface area contributed by atoms with Gasteiger partial charge in [-0.1, -0.05) is 13.2 Å². The van der Waals surface area contributed by atoms with E-state index in [4.69, 9.17) is 0 Å². The second-order valence-corrected chi connectivity index (χ2v) is 5.28. The molecule has 2 aromatic carbocycles. The van der Waals surface area contributed by atoms with Gasteiger partial charge in [0.05, 0.1) is 11.0 Å². The summed E-state index contributed by atoms with van der Waals surface area (Å²) in [6, 6.07) is 12.7. The number of anilines is 2. The molecule has 0 spiro atoms. The highest BCUT2D eigenvalue weighted by Crippen LogP contribution is 2.24. The van der Waals surface area contributed by atoms with Crippen molar-refractivity contribution in [3.63, 3.8) is 0 Å². The quantitative estimate of drug-likeness (QED) is 0.625. The van der Waals surface area contributed by atoms with Crippen molar-refractivity contribution in [3.8, 4) is 11.4 Å². The van der Waals surface area contributed by atoms with E-state index in [9.17, 15) is 9.59 Å². The first-order valence-electron chi connectivity index (χ1n) is 7.56. The lowest BCUT2D eigenvalue weighted by atomic mass is 10.2. The predicted octanol–water partition coefficient (Wildman–Crippen LogP) is 3.48. The van der Waals surface area contributed by atoms with Crippen LogP contribution in [0.2, 0.25) is 0 Å². The number of hydrogen-bond acceptors (Lipinski definition) is 3. The van der Waals surface area contributed by atoms with E-state index in [1.807, 2.05) is 24.3 Å². The molecule has 0 radical (unpaired) electrons. The molecular weight excluding hydrogens is 316 g/mol. The molecule has 0 saturated heterocycles. The topological polar surface area (TPSA) is 86.9 Å². The fraction of sp³-hybridized carbons (Fsp3) is 0. The third-order valence-electron chi connectivity index (χ3n) is 3.55. The molecule has 3 aromatic rings. The van der Waals surface area contributed by atoms with Crippen molar-refractivity contribution >= 4 is 34.2 Å². The van der Waals surface area contributed by atoms with Crippen LogP contribution in [-0.4, -0.2) is 21.8 Å². The Labute approximate surface area is 144 Å². The van der Waals surface area contributed by atoms with Gasteiger partial charge >= 0.3 is 0 Å². The van der Waals surface area contributed by atoms with Gasteiger partial charge in [-0.25, -0.2) is 4.98 Å². The third kappa shape index (κ3) is 3.64. The number of amides is 2. The summed E-state index contributed by atoms with van der Waals surface area (Å²) in [4.78, 5) is 30.4. The second kappa shape index (κ2) is 6.84. The summed E-state index contributed by atoms with van der Waals surface area (Å²) < 4.78 is 0. The van der Waals surface area contributed by atoms with Crippen LogP contribution < -0.4 is 10.6 Å². The molecule has 0 bridgehead atoms. The number of aromatic amines is 1. The first-order valence-corrected chi connectivity index (χ1v) is 7.56. The Morgan fingerprint density at radius 1 is 0.920 bits per heavy atom. The first-order chi connectivity index (χ1) is 12.1. The molecule has 0 unspecified atom stereocenters. The number of imidazole rings is 1. The van der Waals surface area contributed by atoms with Crippen LogP contribution in [-0.2, 0) is 9.59 Å². The first kappa shape index (κ1) is 16.2. The van der Waals surface area contributed by atoms with Gasteiger partial charge in [-0.05, 0) is 54.6 Å². The largest absolute Gasteiger partial charge is 0.338 e. The molecule has 0 fully saturated rings. The molecule has 3 N–H and O–H groups in total. The van der Waals surface area contributed by atoms with Crippen molar-refractivity contribution in [2.45, 2.75) is 0 Å². The maximum atomic E-state index is 11.4. The van der Waals surface area contributed by atoms with Crippen LogP contribution in [0.25, 0.3) is 22.4 Å². The van der Waals surface area contributed by atoms with E-state index in [-0.39, 0.29) is 11.8 Å². The maximum absolute atomic E-state index is 11.4. The van der Waals surface area contributed by atoms with Crippen molar-refractivity contribution in [3.05, 3.63) is 67.8 Å². The van der Waals surface area contributed by atoms with E-state index in [2.05, 4.69) is 33.8 Å². The van der Waals surface area contributed by atoms with E-state index >= 15 is 0 Å².